The van der Waals surface area contributed by atoms with Crippen LogP contribution in [0.15, 0.2) is 34.2 Å². The highest BCUT2D eigenvalue weighted by atomic mass is 32.2. The summed E-state index contributed by atoms with van der Waals surface area (Å²) < 4.78 is 7.15. The lowest BCUT2D eigenvalue weighted by Gasteiger charge is -2.13. The van der Waals surface area contributed by atoms with Gasteiger partial charge in [-0.1, -0.05) is 50.8 Å². The number of aromatic nitrogens is 2. The van der Waals surface area contributed by atoms with E-state index in [2.05, 4.69) is 6.92 Å². The highest BCUT2D eigenvalue weighted by Crippen LogP contribution is 2.35. The number of ether oxygens (including phenoxy) is 1. The van der Waals surface area contributed by atoms with Gasteiger partial charge in [-0.15, -0.1) is 11.3 Å². The third kappa shape index (κ3) is 5.01. The van der Waals surface area contributed by atoms with Crippen molar-refractivity contribution in [3.05, 3.63) is 45.1 Å². The fourth-order valence-corrected chi connectivity index (χ4v) is 6.60. The van der Waals surface area contributed by atoms with Gasteiger partial charge < -0.3 is 4.74 Å². The van der Waals surface area contributed by atoms with Crippen molar-refractivity contribution in [1.29, 1.82) is 0 Å². The minimum absolute atomic E-state index is 0.0862. The molecule has 2 aromatic heterocycles. The van der Waals surface area contributed by atoms with Gasteiger partial charge in [0.05, 0.1) is 18.2 Å². The number of benzene rings is 1. The first-order chi connectivity index (χ1) is 15.2. The Labute approximate surface area is 193 Å². The third-order valence-electron chi connectivity index (χ3n) is 6.02. The van der Waals surface area contributed by atoms with Crippen molar-refractivity contribution >= 4 is 33.3 Å². The van der Waals surface area contributed by atoms with Crippen molar-refractivity contribution in [3.8, 4) is 11.4 Å². The molecular weight excluding hydrogens is 424 g/mol. The standard InChI is InChI=1S/C25H32N2O2S2/c1-3-4-5-6-10-17-30-25-26-23-22(20-11-8-7-9-12-21(20)31-23)24(28)27(25)18-13-15-19(29-2)16-14-18/h13-16H,3-12,17H2,1-2H3. The van der Waals surface area contributed by atoms with Crippen molar-refractivity contribution in [2.24, 2.45) is 0 Å². The Morgan fingerprint density at radius 1 is 1.06 bits per heavy atom. The van der Waals surface area contributed by atoms with Gasteiger partial charge in [0, 0.05) is 10.6 Å². The van der Waals surface area contributed by atoms with Gasteiger partial charge in [0.15, 0.2) is 5.16 Å². The van der Waals surface area contributed by atoms with Gasteiger partial charge in [-0.25, -0.2) is 4.98 Å². The predicted octanol–water partition coefficient (Wildman–Crippen LogP) is 6.79. The predicted molar refractivity (Wildman–Crippen MR) is 133 cm³/mol. The maximum Gasteiger partial charge on any atom is 0.267 e. The summed E-state index contributed by atoms with van der Waals surface area (Å²) in [6.07, 6.45) is 11.9. The molecule has 0 aliphatic heterocycles. The van der Waals surface area contributed by atoms with E-state index in [0.717, 1.165) is 58.2 Å². The van der Waals surface area contributed by atoms with Crippen molar-refractivity contribution in [2.75, 3.05) is 12.9 Å². The van der Waals surface area contributed by atoms with E-state index in [1.807, 2.05) is 28.8 Å². The number of unbranched alkanes of at least 4 members (excludes halogenated alkanes) is 4. The first kappa shape index (κ1) is 22.4. The smallest absolute Gasteiger partial charge is 0.267 e. The van der Waals surface area contributed by atoms with Gasteiger partial charge in [0.25, 0.3) is 5.56 Å². The van der Waals surface area contributed by atoms with Crippen molar-refractivity contribution in [1.82, 2.24) is 9.55 Å². The molecule has 0 spiro atoms. The number of methoxy groups -OCH3 is 1. The zero-order valence-electron chi connectivity index (χ0n) is 18.6. The monoisotopic (exact) mass is 456 g/mol. The minimum Gasteiger partial charge on any atom is -0.497 e. The van der Waals surface area contributed by atoms with Crippen LogP contribution in [0.1, 0.15) is 68.7 Å². The van der Waals surface area contributed by atoms with Crippen molar-refractivity contribution in [3.63, 3.8) is 0 Å². The highest BCUT2D eigenvalue weighted by Gasteiger charge is 2.22. The molecule has 6 heteroatoms. The maximum atomic E-state index is 13.8. The van der Waals surface area contributed by atoms with E-state index >= 15 is 0 Å². The van der Waals surface area contributed by atoms with E-state index < -0.39 is 0 Å². The Kier molecular flexibility index (Phi) is 7.72. The Hall–Kier alpha value is -1.79. The van der Waals surface area contributed by atoms with Crippen LogP contribution in [0.25, 0.3) is 15.9 Å². The summed E-state index contributed by atoms with van der Waals surface area (Å²) in [4.78, 5) is 21.1. The van der Waals surface area contributed by atoms with Gasteiger partial charge in [0.2, 0.25) is 0 Å². The lowest BCUT2D eigenvalue weighted by molar-refractivity contribution is 0.414. The van der Waals surface area contributed by atoms with E-state index in [1.165, 1.54) is 49.0 Å². The zero-order chi connectivity index (χ0) is 21.6. The van der Waals surface area contributed by atoms with Crippen LogP contribution in [0, 0.1) is 0 Å². The molecule has 1 aliphatic rings. The van der Waals surface area contributed by atoms with Crippen molar-refractivity contribution < 1.29 is 4.74 Å². The Morgan fingerprint density at radius 2 is 1.84 bits per heavy atom. The first-order valence-corrected chi connectivity index (χ1v) is 13.4. The molecule has 31 heavy (non-hydrogen) atoms. The number of rotatable bonds is 9. The average Bonchev–Trinajstić information content (AvgIpc) is 2.97. The van der Waals surface area contributed by atoms with Crippen LogP contribution in [0.5, 0.6) is 5.75 Å². The SMILES string of the molecule is CCCCCCCSc1nc2sc3c(c2c(=O)n1-c1ccc(OC)cc1)CCCCC3. The van der Waals surface area contributed by atoms with E-state index in [9.17, 15) is 4.79 Å². The fraction of sp³-hybridized carbons (Fsp3) is 0.520. The lowest BCUT2D eigenvalue weighted by atomic mass is 10.1. The van der Waals surface area contributed by atoms with Crippen LogP contribution in [0.2, 0.25) is 0 Å². The van der Waals surface area contributed by atoms with Gasteiger partial charge in [-0.3, -0.25) is 9.36 Å². The lowest BCUT2D eigenvalue weighted by Crippen LogP contribution is -2.22. The molecule has 0 N–H and O–H groups in total. The molecule has 0 saturated carbocycles. The summed E-state index contributed by atoms with van der Waals surface area (Å²) in [6.45, 7) is 2.24. The average molecular weight is 457 g/mol. The van der Waals surface area contributed by atoms with Crippen LogP contribution in [0.4, 0.5) is 0 Å². The minimum atomic E-state index is 0.0862. The Bertz CT molecular complexity index is 1070. The third-order valence-corrected chi connectivity index (χ3v) is 8.23. The summed E-state index contributed by atoms with van der Waals surface area (Å²) in [5, 5.41) is 1.67. The van der Waals surface area contributed by atoms with Crippen LogP contribution in [-0.2, 0) is 12.8 Å². The van der Waals surface area contributed by atoms with Crippen molar-refractivity contribution in [2.45, 2.75) is 76.3 Å². The second kappa shape index (κ2) is 10.7. The number of aryl methyl sites for hydroxylation is 2. The molecule has 2 heterocycles. The molecule has 0 unspecified atom stereocenters. The van der Waals surface area contributed by atoms with E-state index in [1.54, 1.807) is 30.2 Å². The summed E-state index contributed by atoms with van der Waals surface area (Å²) in [6, 6.07) is 7.76. The molecule has 166 valence electrons. The molecule has 0 amide bonds. The van der Waals surface area contributed by atoms with Gasteiger partial charge >= 0.3 is 0 Å². The number of thioether (sulfide) groups is 1. The summed E-state index contributed by atoms with van der Waals surface area (Å²) in [7, 11) is 1.66. The molecule has 0 saturated heterocycles. The van der Waals surface area contributed by atoms with Gasteiger partial charge in [-0.05, 0) is 61.9 Å². The molecule has 0 fully saturated rings. The second-order valence-electron chi connectivity index (χ2n) is 8.24. The Balaban J connectivity index is 1.73. The fourth-order valence-electron chi connectivity index (χ4n) is 4.29. The van der Waals surface area contributed by atoms with Gasteiger partial charge in [0.1, 0.15) is 10.6 Å². The van der Waals surface area contributed by atoms with Crippen LogP contribution >= 0.6 is 23.1 Å². The zero-order valence-corrected chi connectivity index (χ0v) is 20.2. The maximum absolute atomic E-state index is 13.8. The molecule has 0 radical (unpaired) electrons. The van der Waals surface area contributed by atoms with Gasteiger partial charge in [-0.2, -0.15) is 0 Å². The molecule has 4 nitrogen and oxygen atoms in total. The van der Waals surface area contributed by atoms with E-state index in [-0.39, 0.29) is 5.56 Å². The highest BCUT2D eigenvalue weighted by molar-refractivity contribution is 7.99. The number of nitrogens with zero attached hydrogens (tertiary/aromatic N) is 2. The largest absolute Gasteiger partial charge is 0.497 e. The molecule has 0 atom stereocenters. The summed E-state index contributed by atoms with van der Waals surface area (Å²) in [5.74, 6) is 1.78. The number of thiophene rings is 1. The molecular formula is C25H32N2O2S2. The quantitative estimate of drug-likeness (QED) is 0.154. The van der Waals surface area contributed by atoms with Crippen LogP contribution < -0.4 is 10.3 Å². The molecule has 3 aromatic rings. The molecule has 1 aliphatic carbocycles. The van der Waals surface area contributed by atoms with Crippen LogP contribution in [0.3, 0.4) is 0 Å². The number of hydrogen-bond acceptors (Lipinski definition) is 5. The molecule has 1 aromatic carbocycles. The summed E-state index contributed by atoms with van der Waals surface area (Å²) in [5.41, 5.74) is 2.21. The summed E-state index contributed by atoms with van der Waals surface area (Å²) >= 11 is 3.46. The molecule has 0 bridgehead atoms. The molecule has 4 rings (SSSR count). The Morgan fingerprint density at radius 3 is 2.61 bits per heavy atom. The van der Waals surface area contributed by atoms with E-state index in [4.69, 9.17) is 9.72 Å². The number of fused-ring (bicyclic) bond motifs is 3. The normalized spacial score (nSPS) is 13.9. The van der Waals surface area contributed by atoms with Crippen LogP contribution in [-0.4, -0.2) is 22.4 Å². The topological polar surface area (TPSA) is 44.1 Å². The first-order valence-electron chi connectivity index (χ1n) is 11.6. The number of hydrogen-bond donors (Lipinski definition) is 0. The second-order valence-corrected chi connectivity index (χ2v) is 10.4. The van der Waals surface area contributed by atoms with E-state index in [0.29, 0.717) is 0 Å².